The van der Waals surface area contributed by atoms with Crippen molar-refractivity contribution in [1.29, 1.82) is 0 Å². The van der Waals surface area contributed by atoms with Crippen molar-refractivity contribution in [1.82, 2.24) is 0 Å². The van der Waals surface area contributed by atoms with E-state index in [1.54, 1.807) is 44.2 Å². The van der Waals surface area contributed by atoms with Crippen molar-refractivity contribution in [2.75, 3.05) is 0 Å². The first kappa shape index (κ1) is 25.2. The molecule has 0 saturated heterocycles. The van der Waals surface area contributed by atoms with E-state index < -0.39 is 44.3 Å². The minimum Gasteiger partial charge on any atom is -0.459 e. The highest BCUT2D eigenvalue weighted by atomic mass is 32.2. The fourth-order valence-electron chi connectivity index (χ4n) is 3.02. The molecule has 0 aliphatic rings. The quantitative estimate of drug-likeness (QED) is 0.306. The zero-order valence-corrected chi connectivity index (χ0v) is 17.8. The van der Waals surface area contributed by atoms with E-state index >= 15 is 0 Å². The van der Waals surface area contributed by atoms with Crippen LogP contribution >= 0.6 is 0 Å². The van der Waals surface area contributed by atoms with E-state index in [2.05, 4.69) is 0 Å². The lowest BCUT2D eigenvalue weighted by Crippen LogP contribution is -2.76. The molecule has 0 bridgehead atoms. The molecule has 2 unspecified atom stereocenters. The van der Waals surface area contributed by atoms with Crippen LogP contribution in [-0.4, -0.2) is 46.3 Å². The number of hydrogen-bond acceptors (Lipinski definition) is 8. The lowest BCUT2D eigenvalue weighted by Gasteiger charge is -2.42. The van der Waals surface area contributed by atoms with Gasteiger partial charge in [-0.2, -0.15) is 8.42 Å². The lowest BCUT2D eigenvalue weighted by molar-refractivity contribution is -0.166. The molecular weight excluding hydrogens is 400 g/mol. The maximum absolute atomic E-state index is 12.9. The van der Waals surface area contributed by atoms with Gasteiger partial charge in [0.05, 0.1) is 6.04 Å². The number of rotatable bonds is 10. The Morgan fingerprint density at radius 1 is 1.14 bits per heavy atom. The topological polar surface area (TPSA) is 170 Å². The van der Waals surface area contributed by atoms with Gasteiger partial charge in [0.25, 0.3) is 4.93 Å². The van der Waals surface area contributed by atoms with Crippen LogP contribution in [0.15, 0.2) is 30.3 Å². The number of carbonyl (C=O) groups is 2. The van der Waals surface area contributed by atoms with E-state index in [-0.39, 0.29) is 18.9 Å². The number of aliphatic hydroxyl groups is 1. The van der Waals surface area contributed by atoms with Crippen LogP contribution in [0.25, 0.3) is 0 Å². The lowest BCUT2D eigenvalue weighted by atomic mass is 9.77. The first-order chi connectivity index (χ1) is 13.2. The molecule has 1 aromatic rings. The smallest absolute Gasteiger partial charge is 0.331 e. The molecule has 0 aliphatic carbocycles. The van der Waals surface area contributed by atoms with E-state index in [0.717, 1.165) is 0 Å². The second-order valence-electron chi connectivity index (χ2n) is 7.80. The highest BCUT2D eigenvalue weighted by Crippen LogP contribution is 2.36. The first-order valence-electron chi connectivity index (χ1n) is 9.18. The van der Waals surface area contributed by atoms with Crippen molar-refractivity contribution >= 4 is 21.9 Å². The fourth-order valence-corrected chi connectivity index (χ4v) is 4.17. The van der Waals surface area contributed by atoms with Gasteiger partial charge in [0, 0.05) is 0 Å². The summed E-state index contributed by atoms with van der Waals surface area (Å²) < 4.78 is 39.2. The number of esters is 1. The largest absolute Gasteiger partial charge is 0.459 e. The molecule has 0 heterocycles. The van der Waals surface area contributed by atoms with Crippen molar-refractivity contribution in [2.45, 2.75) is 57.2 Å². The van der Waals surface area contributed by atoms with E-state index in [1.807, 2.05) is 0 Å². The third kappa shape index (κ3) is 5.01. The number of carbonyl (C=O) groups excluding carboxylic acids is 2. The molecule has 0 fully saturated rings. The maximum Gasteiger partial charge on any atom is 0.331 e. The summed E-state index contributed by atoms with van der Waals surface area (Å²) in [7, 11) is -5.57. The van der Waals surface area contributed by atoms with Gasteiger partial charge < -0.3 is 21.3 Å². The Morgan fingerprint density at radius 2 is 1.66 bits per heavy atom. The van der Waals surface area contributed by atoms with Crippen LogP contribution in [0.4, 0.5) is 0 Å². The molecule has 1 aromatic carbocycles. The number of ether oxygens (including phenoxy) is 1. The zero-order chi connectivity index (χ0) is 22.6. The average Bonchev–Trinajstić information content (AvgIpc) is 2.63. The summed E-state index contributed by atoms with van der Waals surface area (Å²) in [6.45, 7) is 5.82. The van der Waals surface area contributed by atoms with Crippen molar-refractivity contribution in [2.24, 2.45) is 23.3 Å². The molecule has 10 heteroatoms. The molecule has 1 rings (SSSR count). The van der Waals surface area contributed by atoms with Gasteiger partial charge in [-0.25, -0.2) is 4.79 Å². The Balaban J connectivity index is 3.42. The van der Waals surface area contributed by atoms with Crippen molar-refractivity contribution in [3.05, 3.63) is 35.9 Å². The minimum atomic E-state index is -5.57. The van der Waals surface area contributed by atoms with Crippen LogP contribution in [0.5, 0.6) is 0 Å². The third-order valence-corrected chi connectivity index (χ3v) is 6.08. The van der Waals surface area contributed by atoms with Gasteiger partial charge in [-0.3, -0.25) is 9.35 Å². The highest BCUT2D eigenvalue weighted by Gasteiger charge is 2.69. The monoisotopic (exact) mass is 430 g/mol. The van der Waals surface area contributed by atoms with Crippen LogP contribution < -0.4 is 11.5 Å². The summed E-state index contributed by atoms with van der Waals surface area (Å²) >= 11 is 0. The number of Topliss-reactive ketones (excluding diaryl/α,β-unsaturated/α-hetero) is 1. The third-order valence-electron chi connectivity index (χ3n) is 4.79. The Morgan fingerprint density at radius 3 is 2.07 bits per heavy atom. The molecule has 0 saturated carbocycles. The van der Waals surface area contributed by atoms with Gasteiger partial charge in [0.2, 0.25) is 5.78 Å². The molecule has 0 aliphatic heterocycles. The molecule has 9 nitrogen and oxygen atoms in total. The van der Waals surface area contributed by atoms with Gasteiger partial charge in [0.15, 0.2) is 5.54 Å². The molecule has 164 valence electrons. The van der Waals surface area contributed by atoms with Crippen LogP contribution in [0.1, 0.15) is 39.7 Å². The average molecular weight is 431 g/mol. The van der Waals surface area contributed by atoms with Crippen LogP contribution in [0.3, 0.4) is 0 Å². The van der Waals surface area contributed by atoms with Gasteiger partial charge in [0.1, 0.15) is 6.61 Å². The summed E-state index contributed by atoms with van der Waals surface area (Å²) in [5, 5.41) is 11.0. The molecule has 0 spiro atoms. The molecule has 0 radical (unpaired) electrons. The molecule has 0 aromatic heterocycles. The minimum absolute atomic E-state index is 0.00387. The Hall–Kier alpha value is -1.85. The fraction of sp³-hybridized carbons (Fsp3) is 0.579. The molecule has 6 N–H and O–H groups in total. The van der Waals surface area contributed by atoms with E-state index in [0.29, 0.717) is 5.56 Å². The maximum atomic E-state index is 12.9. The number of ketones is 1. The molecule has 0 amide bonds. The number of nitrogens with two attached hydrogens (primary N) is 2. The SMILES string of the molecule is CC(C)C[C@H](N)C(=O)C(O)(C(N)(C(=O)OCc1ccccc1)C(C)C)S(=O)(=O)O. The van der Waals surface area contributed by atoms with E-state index in [1.165, 1.54) is 13.8 Å². The zero-order valence-electron chi connectivity index (χ0n) is 17.0. The van der Waals surface area contributed by atoms with Crippen molar-refractivity contribution in [3.8, 4) is 0 Å². The molecule has 3 atom stereocenters. The van der Waals surface area contributed by atoms with Gasteiger partial charge in [-0.15, -0.1) is 0 Å². The summed E-state index contributed by atoms with van der Waals surface area (Å²) in [5.74, 6) is -4.08. The molecular formula is C19H30N2O7S. The van der Waals surface area contributed by atoms with Gasteiger partial charge in [-0.05, 0) is 23.8 Å². The van der Waals surface area contributed by atoms with Crippen LogP contribution in [0, 0.1) is 11.8 Å². The second kappa shape index (κ2) is 9.31. The Bertz CT molecular complexity index is 826. The summed E-state index contributed by atoms with van der Waals surface area (Å²) in [4.78, 5) is 22.0. The summed E-state index contributed by atoms with van der Waals surface area (Å²) in [6.07, 6.45) is 0.00387. The first-order valence-corrected chi connectivity index (χ1v) is 10.6. The van der Waals surface area contributed by atoms with Crippen LogP contribution in [-0.2, 0) is 31.1 Å². The number of hydrogen-bond donors (Lipinski definition) is 4. The van der Waals surface area contributed by atoms with Gasteiger partial charge >= 0.3 is 16.1 Å². The second-order valence-corrected chi connectivity index (χ2v) is 9.35. The normalized spacial score (nSPS) is 17.4. The Kier molecular flexibility index (Phi) is 8.09. The summed E-state index contributed by atoms with van der Waals surface area (Å²) in [5.41, 5.74) is 9.58. The van der Waals surface area contributed by atoms with E-state index in [4.69, 9.17) is 16.2 Å². The van der Waals surface area contributed by atoms with Crippen molar-refractivity contribution in [3.63, 3.8) is 0 Å². The standard InChI is InChI=1S/C19H30N2O7S/c1-12(2)10-15(20)16(22)19(24,29(25,26)27)18(21,13(3)4)17(23)28-11-14-8-6-5-7-9-14/h5-9,12-13,15,24H,10-11,20-21H2,1-4H3,(H,25,26,27)/t15-,18?,19?/m0/s1. The predicted octanol–water partition coefficient (Wildman–Crippen LogP) is 0.602. The number of benzene rings is 1. The predicted molar refractivity (Wildman–Crippen MR) is 107 cm³/mol. The Labute approximate surface area is 171 Å². The summed E-state index contributed by atoms with van der Waals surface area (Å²) in [6, 6.07) is 6.97. The van der Waals surface area contributed by atoms with Crippen LogP contribution in [0.2, 0.25) is 0 Å². The highest BCUT2D eigenvalue weighted by molar-refractivity contribution is 7.88. The molecule has 29 heavy (non-hydrogen) atoms. The van der Waals surface area contributed by atoms with Gasteiger partial charge in [-0.1, -0.05) is 58.0 Å². The van der Waals surface area contributed by atoms with Crippen molar-refractivity contribution < 1.29 is 32.4 Å². The van der Waals surface area contributed by atoms with E-state index in [9.17, 15) is 27.7 Å².